The first kappa shape index (κ1) is 11.3. The summed E-state index contributed by atoms with van der Waals surface area (Å²) >= 11 is 1.85. The Labute approximate surface area is 96.0 Å². The summed E-state index contributed by atoms with van der Waals surface area (Å²) in [5, 5.41) is 3.43. The first-order valence-corrected chi connectivity index (χ1v) is 7.21. The first-order valence-electron chi connectivity index (χ1n) is 5.82. The summed E-state index contributed by atoms with van der Waals surface area (Å²) in [5.74, 6) is 1.51. The Kier molecular flexibility index (Phi) is 3.57. The van der Waals surface area contributed by atoms with Gasteiger partial charge in [0, 0.05) is 6.54 Å². The summed E-state index contributed by atoms with van der Waals surface area (Å²) in [4.78, 5) is 14.2. The Morgan fingerprint density at radius 3 is 2.87 bits per heavy atom. The van der Waals surface area contributed by atoms with E-state index < -0.39 is 0 Å². The van der Waals surface area contributed by atoms with E-state index in [1.54, 1.807) is 0 Å². The monoisotopic (exact) mass is 228 g/mol. The molecule has 1 saturated heterocycles. The van der Waals surface area contributed by atoms with Crippen LogP contribution in [0.4, 0.5) is 0 Å². The SMILES string of the molecule is CSCCCN1CNC2(CCCC2)C1=O. The number of nitrogens with one attached hydrogen (secondary N) is 1. The molecule has 0 aromatic heterocycles. The summed E-state index contributed by atoms with van der Waals surface area (Å²) in [6.45, 7) is 1.70. The van der Waals surface area contributed by atoms with Crippen LogP contribution in [0.3, 0.4) is 0 Å². The van der Waals surface area contributed by atoms with Crippen LogP contribution in [0.15, 0.2) is 0 Å². The zero-order chi connectivity index (χ0) is 10.7. The van der Waals surface area contributed by atoms with Crippen LogP contribution in [0.1, 0.15) is 32.1 Å². The highest BCUT2D eigenvalue weighted by Gasteiger charge is 2.47. The smallest absolute Gasteiger partial charge is 0.243 e. The van der Waals surface area contributed by atoms with Gasteiger partial charge in [0.05, 0.1) is 12.2 Å². The van der Waals surface area contributed by atoms with Gasteiger partial charge < -0.3 is 4.90 Å². The Morgan fingerprint density at radius 2 is 2.20 bits per heavy atom. The lowest BCUT2D eigenvalue weighted by Crippen LogP contribution is -2.44. The highest BCUT2D eigenvalue weighted by molar-refractivity contribution is 7.98. The molecule has 86 valence electrons. The number of carbonyl (C=O) groups is 1. The third kappa shape index (κ3) is 2.16. The molecule has 0 aromatic carbocycles. The van der Waals surface area contributed by atoms with Gasteiger partial charge in [-0.05, 0) is 31.3 Å². The fourth-order valence-electron chi connectivity index (χ4n) is 2.65. The zero-order valence-electron chi connectivity index (χ0n) is 9.42. The molecule has 1 amide bonds. The van der Waals surface area contributed by atoms with Gasteiger partial charge in [-0.15, -0.1) is 0 Å². The van der Waals surface area contributed by atoms with Crippen molar-refractivity contribution < 1.29 is 4.79 Å². The van der Waals surface area contributed by atoms with Crippen molar-refractivity contribution in [2.75, 3.05) is 25.2 Å². The van der Waals surface area contributed by atoms with Crippen LogP contribution >= 0.6 is 11.8 Å². The molecule has 0 aromatic rings. The highest BCUT2D eigenvalue weighted by Crippen LogP contribution is 2.34. The Bertz CT molecular complexity index is 239. The van der Waals surface area contributed by atoms with Gasteiger partial charge in [-0.3, -0.25) is 10.1 Å². The molecule has 0 radical (unpaired) electrons. The van der Waals surface area contributed by atoms with E-state index >= 15 is 0 Å². The third-order valence-corrected chi connectivity index (χ3v) is 4.24. The van der Waals surface area contributed by atoms with Crippen molar-refractivity contribution in [2.45, 2.75) is 37.6 Å². The molecule has 1 aliphatic heterocycles. The van der Waals surface area contributed by atoms with Crippen molar-refractivity contribution in [1.29, 1.82) is 0 Å². The average Bonchev–Trinajstić information content (AvgIpc) is 2.82. The van der Waals surface area contributed by atoms with E-state index in [-0.39, 0.29) is 5.54 Å². The van der Waals surface area contributed by atoms with Gasteiger partial charge in [0.15, 0.2) is 0 Å². The topological polar surface area (TPSA) is 32.3 Å². The number of amides is 1. The van der Waals surface area contributed by atoms with E-state index in [0.29, 0.717) is 5.91 Å². The lowest BCUT2D eigenvalue weighted by atomic mass is 9.98. The van der Waals surface area contributed by atoms with Crippen LogP contribution < -0.4 is 5.32 Å². The molecule has 4 heteroatoms. The van der Waals surface area contributed by atoms with Gasteiger partial charge in [0.2, 0.25) is 5.91 Å². The van der Waals surface area contributed by atoms with Gasteiger partial charge in [0.1, 0.15) is 0 Å². The normalized spacial score (nSPS) is 24.3. The minimum Gasteiger partial charge on any atom is -0.328 e. The molecule has 2 fully saturated rings. The number of hydrogen-bond acceptors (Lipinski definition) is 3. The van der Waals surface area contributed by atoms with Crippen molar-refractivity contribution in [1.82, 2.24) is 10.2 Å². The highest BCUT2D eigenvalue weighted by atomic mass is 32.2. The zero-order valence-corrected chi connectivity index (χ0v) is 10.2. The molecule has 1 aliphatic carbocycles. The van der Waals surface area contributed by atoms with E-state index in [1.807, 2.05) is 16.7 Å². The fraction of sp³-hybridized carbons (Fsp3) is 0.909. The van der Waals surface area contributed by atoms with Crippen molar-refractivity contribution in [3.05, 3.63) is 0 Å². The molecule has 2 rings (SSSR count). The van der Waals surface area contributed by atoms with Gasteiger partial charge in [-0.25, -0.2) is 0 Å². The molecule has 1 N–H and O–H groups in total. The molecule has 1 heterocycles. The van der Waals surface area contributed by atoms with Crippen LogP contribution in [0, 0.1) is 0 Å². The van der Waals surface area contributed by atoms with Crippen LogP contribution in [0.25, 0.3) is 0 Å². The first-order chi connectivity index (χ1) is 7.28. The minimum atomic E-state index is -0.153. The third-order valence-electron chi connectivity index (χ3n) is 3.54. The molecule has 15 heavy (non-hydrogen) atoms. The largest absolute Gasteiger partial charge is 0.328 e. The average molecular weight is 228 g/mol. The van der Waals surface area contributed by atoms with Crippen molar-refractivity contribution in [3.8, 4) is 0 Å². The maximum absolute atomic E-state index is 12.2. The van der Waals surface area contributed by atoms with Crippen LogP contribution in [-0.4, -0.2) is 41.6 Å². The lowest BCUT2D eigenvalue weighted by molar-refractivity contribution is -0.132. The molecule has 1 spiro atoms. The van der Waals surface area contributed by atoms with Crippen molar-refractivity contribution >= 4 is 17.7 Å². The second kappa shape index (κ2) is 4.74. The predicted molar refractivity (Wildman–Crippen MR) is 63.9 cm³/mol. The number of hydrogen-bond donors (Lipinski definition) is 1. The van der Waals surface area contributed by atoms with Gasteiger partial charge in [0.25, 0.3) is 0 Å². The van der Waals surface area contributed by atoms with E-state index in [4.69, 9.17) is 0 Å². The van der Waals surface area contributed by atoms with E-state index in [0.717, 1.165) is 38.2 Å². The Hall–Kier alpha value is -0.220. The molecule has 1 saturated carbocycles. The second-order valence-electron chi connectivity index (χ2n) is 4.54. The van der Waals surface area contributed by atoms with E-state index in [1.165, 1.54) is 12.8 Å². The summed E-state index contributed by atoms with van der Waals surface area (Å²) in [5.41, 5.74) is -0.153. The molecule has 2 aliphatic rings. The quantitative estimate of drug-likeness (QED) is 0.739. The second-order valence-corrected chi connectivity index (χ2v) is 5.52. The maximum atomic E-state index is 12.2. The number of nitrogens with zero attached hydrogens (tertiary/aromatic N) is 1. The number of carbonyl (C=O) groups excluding carboxylic acids is 1. The Balaban J connectivity index is 1.86. The summed E-state index contributed by atoms with van der Waals surface area (Å²) in [6, 6.07) is 0. The molecule has 0 bridgehead atoms. The van der Waals surface area contributed by atoms with Crippen LogP contribution in [-0.2, 0) is 4.79 Å². The molecule has 0 atom stereocenters. The molecular formula is C11H20N2OS. The van der Waals surface area contributed by atoms with Crippen molar-refractivity contribution in [3.63, 3.8) is 0 Å². The van der Waals surface area contributed by atoms with Gasteiger partial charge in [-0.2, -0.15) is 11.8 Å². The molecule has 3 nitrogen and oxygen atoms in total. The number of rotatable bonds is 4. The Morgan fingerprint density at radius 1 is 1.47 bits per heavy atom. The maximum Gasteiger partial charge on any atom is 0.243 e. The van der Waals surface area contributed by atoms with Gasteiger partial charge >= 0.3 is 0 Å². The van der Waals surface area contributed by atoms with Gasteiger partial charge in [-0.1, -0.05) is 12.8 Å². The summed E-state index contributed by atoms with van der Waals surface area (Å²) in [7, 11) is 0. The number of thioether (sulfide) groups is 1. The predicted octanol–water partition coefficient (Wildman–Crippen LogP) is 1.44. The van der Waals surface area contributed by atoms with Crippen LogP contribution in [0.5, 0.6) is 0 Å². The van der Waals surface area contributed by atoms with E-state index in [9.17, 15) is 4.79 Å². The molecule has 0 unspecified atom stereocenters. The lowest BCUT2D eigenvalue weighted by Gasteiger charge is -2.21. The minimum absolute atomic E-state index is 0.153. The van der Waals surface area contributed by atoms with Crippen LogP contribution in [0.2, 0.25) is 0 Å². The van der Waals surface area contributed by atoms with Crippen molar-refractivity contribution in [2.24, 2.45) is 0 Å². The molecular weight excluding hydrogens is 208 g/mol. The van der Waals surface area contributed by atoms with E-state index in [2.05, 4.69) is 11.6 Å². The summed E-state index contributed by atoms with van der Waals surface area (Å²) in [6.07, 6.45) is 7.73. The standard InChI is InChI=1S/C11H20N2OS/c1-15-8-4-7-13-9-12-11(10(13)14)5-2-3-6-11/h12H,2-9H2,1H3. The fourth-order valence-corrected chi connectivity index (χ4v) is 3.06. The summed E-state index contributed by atoms with van der Waals surface area (Å²) < 4.78 is 0.